The molecule has 1 saturated heterocycles. The molecule has 2 aliphatic carbocycles. The summed E-state index contributed by atoms with van der Waals surface area (Å²) in [6, 6.07) is 12.4. The van der Waals surface area contributed by atoms with Gasteiger partial charge in [0.2, 0.25) is 5.91 Å². The smallest absolute Gasteiger partial charge is 0.302 e. The molecule has 3 heterocycles. The molecule has 1 amide bonds. The molecule has 316 valence electrons. The molecule has 2 saturated carbocycles. The molecule has 2 aromatic carbocycles. The number of nitrogens with two attached hydrogens (primary N) is 1. The van der Waals surface area contributed by atoms with E-state index in [1.165, 1.54) is 12.5 Å². The molecule has 7 rings (SSSR count). The number of nitrogens with one attached hydrogen (secondary N) is 1. The van der Waals surface area contributed by atoms with E-state index >= 15 is 0 Å². The van der Waals surface area contributed by atoms with Crippen molar-refractivity contribution in [3.63, 3.8) is 0 Å². The van der Waals surface area contributed by atoms with Crippen molar-refractivity contribution in [2.24, 2.45) is 22.1 Å². The minimum absolute atomic E-state index is 0.0141. The zero-order chi connectivity index (χ0) is 40.5. The molecular weight excluding hydrogens is 769 g/mol. The van der Waals surface area contributed by atoms with Crippen molar-refractivity contribution in [3.05, 3.63) is 64.7 Å². The number of rotatable bonds is 3. The van der Waals surface area contributed by atoms with Crippen LogP contribution in [0.2, 0.25) is 0 Å². The van der Waals surface area contributed by atoms with Crippen LogP contribution in [0.5, 0.6) is 11.5 Å². The molecule has 4 bridgehead atoms. The number of aryl methyl sites for hydroxylation is 1. The van der Waals surface area contributed by atoms with Gasteiger partial charge in [0.1, 0.15) is 12.2 Å². The lowest BCUT2D eigenvalue weighted by molar-refractivity contribution is -0.148. The average Bonchev–Trinajstić information content (AvgIpc) is 3.88. The maximum absolute atomic E-state index is 14.1. The fourth-order valence-electron chi connectivity index (χ4n) is 9.94. The van der Waals surface area contributed by atoms with Gasteiger partial charge in [-0.3, -0.25) is 14.6 Å². The number of benzene rings is 2. The van der Waals surface area contributed by atoms with Crippen molar-refractivity contribution in [2.75, 3.05) is 18.8 Å². The molecular formula is C46H64N4O6S2. The van der Waals surface area contributed by atoms with Gasteiger partial charge in [-0.1, -0.05) is 96.2 Å². The molecule has 5 N–H and O–H groups in total. The van der Waals surface area contributed by atoms with E-state index in [2.05, 4.69) is 29.6 Å². The number of ether oxygens (including phenoxy) is 2. The summed E-state index contributed by atoms with van der Waals surface area (Å²) in [7, 11) is 3.81. The second kappa shape index (κ2) is 19.8. The van der Waals surface area contributed by atoms with Gasteiger partial charge in [0.25, 0.3) is 0 Å². The van der Waals surface area contributed by atoms with Gasteiger partial charge in [-0.25, -0.2) is 0 Å². The third kappa shape index (κ3) is 11.1. The first-order valence-electron chi connectivity index (χ1n) is 21.9. The molecule has 3 aliphatic heterocycles. The largest absolute Gasteiger partial charge is 0.504 e. The predicted molar refractivity (Wildman–Crippen MR) is 235 cm³/mol. The highest BCUT2D eigenvalue weighted by molar-refractivity contribution is 8.77. The highest BCUT2D eigenvalue weighted by Gasteiger charge is 2.44. The number of hydrogen-bond donors (Lipinski definition) is 4. The third-order valence-electron chi connectivity index (χ3n) is 13.0. The minimum atomic E-state index is -0.569. The Morgan fingerprint density at radius 2 is 1.84 bits per heavy atom. The maximum Gasteiger partial charge on any atom is 0.302 e. The highest BCUT2D eigenvalue weighted by Crippen LogP contribution is 2.47. The van der Waals surface area contributed by atoms with Crippen LogP contribution in [0, 0.1) is 11.3 Å². The van der Waals surface area contributed by atoms with Gasteiger partial charge in [-0.05, 0) is 87.8 Å². The number of aliphatic hydroxyl groups is 1. The summed E-state index contributed by atoms with van der Waals surface area (Å²) in [6.07, 6.45) is 18.9. The van der Waals surface area contributed by atoms with Crippen molar-refractivity contribution in [1.82, 2.24) is 10.2 Å². The average molecular weight is 833 g/mol. The number of carbonyl (C=O) groups is 2. The lowest BCUT2D eigenvalue weighted by Gasteiger charge is -2.30. The number of phenolic OH excluding ortho intramolecular Hbond substituents is 1. The number of phenols is 1. The van der Waals surface area contributed by atoms with Gasteiger partial charge >= 0.3 is 5.97 Å². The molecule has 12 heteroatoms. The van der Waals surface area contributed by atoms with Crippen LogP contribution in [-0.4, -0.2) is 75.0 Å². The van der Waals surface area contributed by atoms with Crippen LogP contribution in [-0.2, 0) is 33.7 Å². The van der Waals surface area contributed by atoms with Crippen molar-refractivity contribution in [1.29, 1.82) is 0 Å². The number of aliphatic hydroxyl groups excluding tert-OH is 1. The first-order chi connectivity index (χ1) is 28.1. The zero-order valence-electron chi connectivity index (χ0n) is 34.3. The Kier molecular flexibility index (Phi) is 14.6. The summed E-state index contributed by atoms with van der Waals surface area (Å²) in [6.45, 7) is 2.72. The van der Waals surface area contributed by atoms with Gasteiger partial charge in [0, 0.05) is 67.6 Å². The number of nitrogens with zero attached hydrogens (tertiary/aromatic N) is 2. The SMILES string of the molecule is CC(=O)OC1CCc2cc(c(O)c3c2C=CC2CCCC2O3)CN2CC(Cc3ccccc3)(CCN=C(N)NC3(CCCC3)SSCCCCCCC(O)C1)CC2=O. The molecule has 5 aliphatic rings. The summed E-state index contributed by atoms with van der Waals surface area (Å²) in [4.78, 5) is 33.0. The topological polar surface area (TPSA) is 147 Å². The molecule has 0 aromatic heterocycles. The molecule has 2 aromatic rings. The lowest BCUT2D eigenvalue weighted by Crippen LogP contribution is -2.47. The van der Waals surface area contributed by atoms with Gasteiger partial charge in [0.15, 0.2) is 17.5 Å². The van der Waals surface area contributed by atoms with E-state index in [0.717, 1.165) is 93.9 Å². The van der Waals surface area contributed by atoms with Gasteiger partial charge in [-0.2, -0.15) is 0 Å². The Bertz CT molecular complexity index is 1780. The monoisotopic (exact) mass is 832 g/mol. The van der Waals surface area contributed by atoms with Crippen LogP contribution in [0.3, 0.4) is 0 Å². The number of hydrogen-bond acceptors (Lipinski definition) is 11. The number of guanidine groups is 1. The van der Waals surface area contributed by atoms with E-state index in [1.54, 1.807) is 0 Å². The van der Waals surface area contributed by atoms with Crippen LogP contribution >= 0.6 is 21.6 Å². The molecule has 10 nitrogen and oxygen atoms in total. The van der Waals surface area contributed by atoms with E-state index in [0.29, 0.717) is 68.9 Å². The summed E-state index contributed by atoms with van der Waals surface area (Å²) in [5.41, 5.74) is 9.92. The van der Waals surface area contributed by atoms with E-state index < -0.39 is 12.2 Å². The Hall–Kier alpha value is -3.35. The van der Waals surface area contributed by atoms with Crippen molar-refractivity contribution in [2.45, 2.75) is 152 Å². The number of aromatic hydroxyl groups is 1. The number of aliphatic imine (C=N–C) groups is 1. The second-order valence-corrected chi connectivity index (χ2v) is 20.4. The van der Waals surface area contributed by atoms with Crippen LogP contribution in [0.25, 0.3) is 6.08 Å². The Morgan fingerprint density at radius 3 is 2.66 bits per heavy atom. The number of carbonyl (C=O) groups excluding carboxylic acids is 2. The van der Waals surface area contributed by atoms with Gasteiger partial charge < -0.3 is 35.6 Å². The van der Waals surface area contributed by atoms with Crippen LogP contribution in [0.4, 0.5) is 0 Å². The molecule has 0 radical (unpaired) electrons. The number of esters is 1. The zero-order valence-corrected chi connectivity index (χ0v) is 35.9. The van der Waals surface area contributed by atoms with Crippen molar-refractivity contribution >= 4 is 45.5 Å². The standard InChI is InChI=1S/C46H64N4O6S2/c1-32(51)55-38-19-17-35-26-36(42(54)43-39(35)20-18-34-14-11-16-40(34)56-43)30-50-31-45(29-41(50)53,28-33-12-5-4-6-13-33)23-24-48-44(47)49-46(21-8-9-22-46)58-57-25-10-3-2-7-15-37(52)27-38/h4-6,12-13,18,20,26,34,37-38,40,52,54H,2-3,7-11,14-17,19,21-25,27-31H2,1H3,(H3,47,48,49). The summed E-state index contributed by atoms with van der Waals surface area (Å²) >= 11 is 0. The molecule has 3 fully saturated rings. The first kappa shape index (κ1) is 42.8. The minimum Gasteiger partial charge on any atom is -0.504 e. The summed E-state index contributed by atoms with van der Waals surface area (Å²) in [5, 5.41) is 26.7. The Balaban J connectivity index is 1.19. The highest BCUT2D eigenvalue weighted by atomic mass is 33.1. The van der Waals surface area contributed by atoms with Gasteiger partial charge in [0.05, 0.1) is 11.0 Å². The van der Waals surface area contributed by atoms with Gasteiger partial charge in [-0.15, -0.1) is 0 Å². The molecule has 5 atom stereocenters. The molecule has 58 heavy (non-hydrogen) atoms. The van der Waals surface area contributed by atoms with E-state index in [9.17, 15) is 19.8 Å². The number of amides is 1. The number of fused-ring (bicyclic) bond motifs is 7. The van der Waals surface area contributed by atoms with E-state index in [4.69, 9.17) is 20.2 Å². The fraction of sp³-hybridized carbons (Fsp3) is 0.630. The normalized spacial score (nSPS) is 28.8. The third-order valence-corrected chi connectivity index (χ3v) is 16.2. The van der Waals surface area contributed by atoms with Crippen LogP contribution < -0.4 is 15.8 Å². The maximum atomic E-state index is 14.1. The molecule has 5 unspecified atom stereocenters. The quantitative estimate of drug-likeness (QED) is 0.176. The molecule has 1 spiro atoms. The fourth-order valence-corrected chi connectivity index (χ4v) is 13.1. The summed E-state index contributed by atoms with van der Waals surface area (Å²) < 4.78 is 12.5. The summed E-state index contributed by atoms with van der Waals surface area (Å²) in [5.74, 6) is 2.07. The van der Waals surface area contributed by atoms with E-state index in [-0.39, 0.29) is 46.5 Å². The first-order valence-corrected chi connectivity index (χ1v) is 24.2. The van der Waals surface area contributed by atoms with Crippen LogP contribution in [0.15, 0.2) is 47.5 Å². The van der Waals surface area contributed by atoms with Crippen molar-refractivity contribution in [3.8, 4) is 11.5 Å². The van der Waals surface area contributed by atoms with Crippen LogP contribution in [0.1, 0.15) is 132 Å². The van der Waals surface area contributed by atoms with Crippen molar-refractivity contribution < 1.29 is 29.3 Å². The Morgan fingerprint density at radius 1 is 1.03 bits per heavy atom. The lowest BCUT2D eigenvalue weighted by atomic mass is 9.78. The predicted octanol–water partition coefficient (Wildman–Crippen LogP) is 8.45. The second-order valence-electron chi connectivity index (χ2n) is 17.6. The van der Waals surface area contributed by atoms with E-state index in [1.807, 2.05) is 50.8 Å². The Labute approximate surface area is 353 Å².